The van der Waals surface area contributed by atoms with Crippen molar-refractivity contribution in [2.75, 3.05) is 12.3 Å². The van der Waals surface area contributed by atoms with Gasteiger partial charge in [0.05, 0.1) is 6.54 Å². The van der Waals surface area contributed by atoms with Crippen LogP contribution in [0.2, 0.25) is 0 Å². The van der Waals surface area contributed by atoms with Crippen LogP contribution < -0.4 is 11.5 Å². The Morgan fingerprint density at radius 1 is 1.16 bits per heavy atom. The molecular weight excluding hydrogens is 238 g/mol. The van der Waals surface area contributed by atoms with Crippen LogP contribution in [0.25, 0.3) is 0 Å². The molecule has 0 aromatic heterocycles. The highest BCUT2D eigenvalue weighted by atomic mass is 16.1. The third kappa shape index (κ3) is 4.24. The van der Waals surface area contributed by atoms with Crippen LogP contribution in [0.1, 0.15) is 37.7 Å². The van der Waals surface area contributed by atoms with E-state index < -0.39 is 0 Å². The maximum Gasteiger partial charge on any atom is 0.231 e. The van der Waals surface area contributed by atoms with Crippen molar-refractivity contribution in [1.29, 1.82) is 0 Å². The summed E-state index contributed by atoms with van der Waals surface area (Å²) in [6.07, 6.45) is 6.15. The predicted molar refractivity (Wildman–Crippen MR) is 77.3 cm³/mol. The molecule has 1 aliphatic carbocycles. The maximum absolute atomic E-state index is 11.3. The van der Waals surface area contributed by atoms with E-state index >= 15 is 0 Å². The van der Waals surface area contributed by atoms with Gasteiger partial charge in [0.25, 0.3) is 0 Å². The Morgan fingerprint density at radius 2 is 1.79 bits per heavy atom. The fraction of sp³-hybridized carbons (Fsp3) is 0.533. The van der Waals surface area contributed by atoms with Crippen molar-refractivity contribution in [3.8, 4) is 0 Å². The number of amides is 1. The average molecular weight is 261 g/mol. The number of hydrogen-bond acceptors (Lipinski definition) is 3. The monoisotopic (exact) mass is 261 g/mol. The molecule has 1 aliphatic rings. The molecule has 0 bridgehead atoms. The van der Waals surface area contributed by atoms with E-state index in [0.29, 0.717) is 12.6 Å². The van der Waals surface area contributed by atoms with Crippen molar-refractivity contribution in [2.45, 2.75) is 44.7 Å². The molecule has 0 saturated heterocycles. The van der Waals surface area contributed by atoms with Crippen molar-refractivity contribution in [3.63, 3.8) is 0 Å². The molecule has 4 heteroatoms. The van der Waals surface area contributed by atoms with Crippen molar-refractivity contribution < 1.29 is 4.79 Å². The standard InChI is InChI=1S/C15H23N3O/c16-13-8-6-12(7-9-13)10-18(11-15(17)19)14-4-2-1-3-5-14/h6-9,14H,1-5,10-11,16H2,(H2,17,19). The highest BCUT2D eigenvalue weighted by Crippen LogP contribution is 2.24. The summed E-state index contributed by atoms with van der Waals surface area (Å²) in [6.45, 7) is 1.11. The van der Waals surface area contributed by atoms with Crippen molar-refractivity contribution in [1.82, 2.24) is 4.90 Å². The van der Waals surface area contributed by atoms with Crippen LogP contribution in [0.5, 0.6) is 0 Å². The van der Waals surface area contributed by atoms with Gasteiger partial charge in [0.15, 0.2) is 0 Å². The molecule has 1 aromatic rings. The minimum atomic E-state index is -0.249. The van der Waals surface area contributed by atoms with Gasteiger partial charge in [-0.1, -0.05) is 31.4 Å². The predicted octanol–water partition coefficient (Wildman–Crippen LogP) is 1.89. The van der Waals surface area contributed by atoms with Crippen LogP contribution in [-0.4, -0.2) is 23.4 Å². The number of benzene rings is 1. The van der Waals surface area contributed by atoms with Crippen LogP contribution >= 0.6 is 0 Å². The Morgan fingerprint density at radius 3 is 2.37 bits per heavy atom. The lowest BCUT2D eigenvalue weighted by Crippen LogP contribution is -2.41. The molecule has 1 saturated carbocycles. The van der Waals surface area contributed by atoms with Gasteiger partial charge < -0.3 is 11.5 Å². The Labute approximate surface area is 114 Å². The fourth-order valence-electron chi connectivity index (χ4n) is 2.82. The maximum atomic E-state index is 11.3. The van der Waals surface area contributed by atoms with E-state index in [-0.39, 0.29) is 5.91 Å². The topological polar surface area (TPSA) is 72.4 Å². The summed E-state index contributed by atoms with van der Waals surface area (Å²) in [4.78, 5) is 13.5. The van der Waals surface area contributed by atoms with Gasteiger partial charge in [-0.25, -0.2) is 0 Å². The molecule has 104 valence electrons. The normalized spacial score (nSPS) is 16.7. The van der Waals surface area contributed by atoms with E-state index in [0.717, 1.165) is 12.2 Å². The van der Waals surface area contributed by atoms with Gasteiger partial charge >= 0.3 is 0 Å². The van der Waals surface area contributed by atoms with E-state index in [9.17, 15) is 4.79 Å². The number of carbonyl (C=O) groups is 1. The molecule has 0 atom stereocenters. The fourth-order valence-corrected chi connectivity index (χ4v) is 2.82. The van der Waals surface area contributed by atoms with Crippen LogP contribution in [0.3, 0.4) is 0 Å². The largest absolute Gasteiger partial charge is 0.399 e. The molecule has 4 nitrogen and oxygen atoms in total. The van der Waals surface area contributed by atoms with Gasteiger partial charge in [-0.3, -0.25) is 9.69 Å². The highest BCUT2D eigenvalue weighted by Gasteiger charge is 2.22. The number of rotatable bonds is 5. The van der Waals surface area contributed by atoms with E-state index in [1.54, 1.807) is 0 Å². The summed E-state index contributed by atoms with van der Waals surface area (Å²) >= 11 is 0. The highest BCUT2D eigenvalue weighted by molar-refractivity contribution is 5.76. The Hall–Kier alpha value is -1.55. The quantitative estimate of drug-likeness (QED) is 0.795. The zero-order chi connectivity index (χ0) is 13.7. The minimum Gasteiger partial charge on any atom is -0.399 e. The number of primary amides is 1. The number of hydrogen-bond donors (Lipinski definition) is 2. The first-order valence-corrected chi connectivity index (χ1v) is 7.02. The molecule has 4 N–H and O–H groups in total. The Balaban J connectivity index is 2.03. The average Bonchev–Trinajstić information content (AvgIpc) is 2.41. The van der Waals surface area contributed by atoms with Crippen LogP contribution in [0, 0.1) is 0 Å². The van der Waals surface area contributed by atoms with Crippen molar-refractivity contribution in [3.05, 3.63) is 29.8 Å². The summed E-state index contributed by atoms with van der Waals surface area (Å²) in [6, 6.07) is 8.33. The number of carbonyl (C=O) groups excluding carboxylic acids is 1. The Kier molecular flexibility index (Phi) is 4.80. The number of nitrogens with zero attached hydrogens (tertiary/aromatic N) is 1. The molecule has 0 aliphatic heterocycles. The summed E-state index contributed by atoms with van der Waals surface area (Å²) in [5.74, 6) is -0.249. The van der Waals surface area contributed by atoms with Gasteiger partial charge in [0, 0.05) is 18.3 Å². The lowest BCUT2D eigenvalue weighted by molar-refractivity contribution is -0.120. The smallest absolute Gasteiger partial charge is 0.231 e. The molecule has 0 unspecified atom stereocenters. The second-order valence-electron chi connectivity index (χ2n) is 5.40. The van der Waals surface area contributed by atoms with Crippen LogP contribution in [0.15, 0.2) is 24.3 Å². The SMILES string of the molecule is NC(=O)CN(Cc1ccc(N)cc1)C1CCCCC1. The van der Waals surface area contributed by atoms with Crippen molar-refractivity contribution >= 4 is 11.6 Å². The van der Waals surface area contributed by atoms with E-state index in [2.05, 4.69) is 4.90 Å². The summed E-state index contributed by atoms with van der Waals surface area (Å²) in [7, 11) is 0. The molecule has 2 rings (SSSR count). The van der Waals surface area contributed by atoms with Gasteiger partial charge in [-0.15, -0.1) is 0 Å². The third-order valence-corrected chi connectivity index (χ3v) is 3.82. The second-order valence-corrected chi connectivity index (χ2v) is 5.40. The van der Waals surface area contributed by atoms with Gasteiger partial charge in [-0.05, 0) is 30.5 Å². The van der Waals surface area contributed by atoms with Crippen LogP contribution in [-0.2, 0) is 11.3 Å². The molecular formula is C15H23N3O. The van der Waals surface area contributed by atoms with Gasteiger partial charge in [0.1, 0.15) is 0 Å². The number of nitrogens with two attached hydrogens (primary N) is 2. The lowest BCUT2D eigenvalue weighted by Gasteiger charge is -2.33. The molecule has 1 fully saturated rings. The zero-order valence-electron chi connectivity index (χ0n) is 11.3. The molecule has 0 heterocycles. The summed E-state index contributed by atoms with van der Waals surface area (Å²) in [5.41, 5.74) is 13.0. The minimum absolute atomic E-state index is 0.249. The summed E-state index contributed by atoms with van der Waals surface area (Å²) < 4.78 is 0. The van der Waals surface area contributed by atoms with Gasteiger partial charge in [-0.2, -0.15) is 0 Å². The zero-order valence-corrected chi connectivity index (χ0v) is 11.3. The molecule has 19 heavy (non-hydrogen) atoms. The molecule has 1 aromatic carbocycles. The third-order valence-electron chi connectivity index (χ3n) is 3.82. The summed E-state index contributed by atoms with van der Waals surface area (Å²) in [5, 5.41) is 0. The van der Waals surface area contributed by atoms with Crippen molar-refractivity contribution in [2.24, 2.45) is 5.73 Å². The first-order valence-electron chi connectivity index (χ1n) is 7.02. The number of nitrogen functional groups attached to an aromatic ring is 1. The molecule has 1 amide bonds. The lowest BCUT2D eigenvalue weighted by atomic mass is 9.94. The van der Waals surface area contributed by atoms with Crippen LogP contribution in [0.4, 0.5) is 5.69 Å². The van der Waals surface area contributed by atoms with E-state index in [4.69, 9.17) is 11.5 Å². The first kappa shape index (κ1) is 13.9. The molecule has 0 radical (unpaired) electrons. The molecule has 0 spiro atoms. The van der Waals surface area contributed by atoms with E-state index in [1.165, 1.54) is 37.7 Å². The van der Waals surface area contributed by atoms with E-state index in [1.807, 2.05) is 24.3 Å². The number of anilines is 1. The van der Waals surface area contributed by atoms with Gasteiger partial charge in [0.2, 0.25) is 5.91 Å². The second kappa shape index (κ2) is 6.57. The first-order chi connectivity index (χ1) is 9.15. The Bertz CT molecular complexity index is 410.